The number of carbonyl (C=O) groups is 1. The Bertz CT molecular complexity index is 1290. The van der Waals surface area contributed by atoms with Crippen LogP contribution >= 0.6 is 11.6 Å². The summed E-state index contributed by atoms with van der Waals surface area (Å²) >= 11 is 6.06. The van der Waals surface area contributed by atoms with E-state index in [4.69, 9.17) is 21.1 Å². The van der Waals surface area contributed by atoms with Gasteiger partial charge in [0.05, 0.1) is 24.4 Å². The molecule has 3 aromatic carbocycles. The SMILES string of the molecule is CC(=O)NCc1ccc(C2OC(CN3CCC(O)(c4ccc(Cl)cc4)CC3)C(C)C(c3ccc(CO)cc3)O2)cc1. The maximum atomic E-state index is 11.4. The number of carbonyl (C=O) groups excluding carboxylic acids is 1. The zero-order chi connectivity index (χ0) is 29.0. The molecule has 0 aromatic heterocycles. The van der Waals surface area contributed by atoms with E-state index in [2.05, 4.69) is 17.1 Å². The molecule has 1 amide bonds. The van der Waals surface area contributed by atoms with Crippen molar-refractivity contribution in [3.63, 3.8) is 0 Å². The molecule has 0 saturated carbocycles. The van der Waals surface area contributed by atoms with Crippen molar-refractivity contribution >= 4 is 17.5 Å². The predicted molar refractivity (Wildman–Crippen MR) is 158 cm³/mol. The van der Waals surface area contributed by atoms with Gasteiger partial charge in [0.2, 0.25) is 5.91 Å². The molecule has 2 fully saturated rings. The molecule has 41 heavy (non-hydrogen) atoms. The molecule has 4 atom stereocenters. The van der Waals surface area contributed by atoms with Gasteiger partial charge in [-0.2, -0.15) is 0 Å². The second kappa shape index (κ2) is 13.0. The zero-order valence-corrected chi connectivity index (χ0v) is 24.4. The topological polar surface area (TPSA) is 91.3 Å². The third kappa shape index (κ3) is 7.17. The highest BCUT2D eigenvalue weighted by molar-refractivity contribution is 6.30. The standard InChI is InChI=1S/C33H39ClN2O5/c1-22-30(20-36-17-15-33(39,16-18-36)28-11-13-29(34)14-12-28)40-32(27-9-3-24(4-10-27)19-35-23(2)38)41-31(22)26-7-5-25(21-37)6-8-26/h3-14,22,30-32,37,39H,15-21H2,1-2H3,(H,35,38). The lowest BCUT2D eigenvalue weighted by Crippen LogP contribution is -2.49. The predicted octanol–water partition coefficient (Wildman–Crippen LogP) is 5.24. The first-order chi connectivity index (χ1) is 19.7. The van der Waals surface area contributed by atoms with Crippen LogP contribution in [-0.4, -0.2) is 46.8 Å². The first-order valence-corrected chi connectivity index (χ1v) is 14.7. The average molecular weight is 579 g/mol. The number of amides is 1. The lowest BCUT2D eigenvalue weighted by atomic mass is 9.84. The van der Waals surface area contributed by atoms with Crippen molar-refractivity contribution in [2.45, 2.75) is 63.9 Å². The van der Waals surface area contributed by atoms with Crippen LogP contribution in [0, 0.1) is 5.92 Å². The van der Waals surface area contributed by atoms with E-state index in [0.717, 1.165) is 47.5 Å². The number of piperidine rings is 1. The van der Waals surface area contributed by atoms with Crippen LogP contribution in [0.1, 0.15) is 66.9 Å². The van der Waals surface area contributed by atoms with Crippen LogP contribution in [0.3, 0.4) is 0 Å². The van der Waals surface area contributed by atoms with Gasteiger partial charge in [-0.15, -0.1) is 0 Å². The van der Waals surface area contributed by atoms with Crippen molar-refractivity contribution in [3.8, 4) is 0 Å². The van der Waals surface area contributed by atoms with Gasteiger partial charge in [0.25, 0.3) is 0 Å². The third-order valence-corrected chi connectivity index (χ3v) is 8.67. The summed E-state index contributed by atoms with van der Waals surface area (Å²) in [4.78, 5) is 13.7. The molecule has 2 aliphatic rings. The number of nitrogens with zero attached hydrogens (tertiary/aromatic N) is 1. The van der Waals surface area contributed by atoms with Gasteiger partial charge in [0, 0.05) is 49.6 Å². The fraction of sp³-hybridized carbons (Fsp3) is 0.424. The smallest absolute Gasteiger partial charge is 0.217 e. The number of ether oxygens (including phenoxy) is 2. The lowest BCUT2D eigenvalue weighted by molar-refractivity contribution is -0.277. The summed E-state index contributed by atoms with van der Waals surface area (Å²) in [5, 5.41) is 24.4. The summed E-state index contributed by atoms with van der Waals surface area (Å²) in [6, 6.07) is 23.4. The minimum atomic E-state index is -0.859. The number of benzene rings is 3. The second-order valence-electron chi connectivity index (χ2n) is 11.3. The van der Waals surface area contributed by atoms with Crippen LogP contribution in [0.25, 0.3) is 0 Å². The summed E-state index contributed by atoms with van der Waals surface area (Å²) in [5.41, 5.74) is 3.87. The number of halogens is 1. The van der Waals surface area contributed by atoms with Crippen LogP contribution in [0.5, 0.6) is 0 Å². The summed E-state index contributed by atoms with van der Waals surface area (Å²) in [5.74, 6) is 0.00608. The van der Waals surface area contributed by atoms with Gasteiger partial charge in [-0.1, -0.05) is 79.2 Å². The Labute approximate surface area is 247 Å². The first-order valence-electron chi connectivity index (χ1n) is 14.3. The van der Waals surface area contributed by atoms with E-state index >= 15 is 0 Å². The zero-order valence-electron chi connectivity index (χ0n) is 23.6. The third-order valence-electron chi connectivity index (χ3n) is 8.42. The quantitative estimate of drug-likeness (QED) is 0.338. The maximum absolute atomic E-state index is 11.4. The molecule has 2 aliphatic heterocycles. The molecule has 5 rings (SSSR count). The van der Waals surface area contributed by atoms with Crippen molar-refractivity contribution in [2.75, 3.05) is 19.6 Å². The second-order valence-corrected chi connectivity index (χ2v) is 11.7. The van der Waals surface area contributed by atoms with Crippen molar-refractivity contribution in [2.24, 2.45) is 5.92 Å². The Hall–Kier alpha value is -2.78. The monoisotopic (exact) mass is 578 g/mol. The van der Waals surface area contributed by atoms with Gasteiger partial charge >= 0.3 is 0 Å². The molecule has 0 bridgehead atoms. The number of aliphatic hydroxyl groups is 2. The minimum absolute atomic E-state index is 0.00210. The molecule has 7 nitrogen and oxygen atoms in total. The fourth-order valence-corrected chi connectivity index (χ4v) is 5.88. The molecule has 3 aromatic rings. The summed E-state index contributed by atoms with van der Waals surface area (Å²) in [7, 11) is 0. The van der Waals surface area contributed by atoms with Crippen LogP contribution < -0.4 is 5.32 Å². The molecule has 218 valence electrons. The minimum Gasteiger partial charge on any atom is -0.392 e. The van der Waals surface area contributed by atoms with Crippen molar-refractivity contribution in [3.05, 3.63) is 106 Å². The summed E-state index contributed by atoms with van der Waals surface area (Å²) in [6.45, 7) is 6.37. The van der Waals surface area contributed by atoms with Crippen LogP contribution in [-0.2, 0) is 33.0 Å². The van der Waals surface area contributed by atoms with E-state index in [9.17, 15) is 15.0 Å². The van der Waals surface area contributed by atoms with E-state index in [-0.39, 0.29) is 30.6 Å². The largest absolute Gasteiger partial charge is 0.392 e. The normalized spacial score (nSPS) is 24.6. The van der Waals surface area contributed by atoms with Gasteiger partial charge in [0.1, 0.15) is 0 Å². The Balaban J connectivity index is 1.31. The lowest BCUT2D eigenvalue weighted by Gasteiger charge is -2.45. The number of likely N-dealkylation sites (tertiary alicyclic amines) is 1. The maximum Gasteiger partial charge on any atom is 0.217 e. The van der Waals surface area contributed by atoms with Gasteiger partial charge in [0.15, 0.2) is 6.29 Å². The molecule has 4 unspecified atom stereocenters. The molecular weight excluding hydrogens is 540 g/mol. The number of nitrogens with one attached hydrogen (secondary N) is 1. The van der Waals surface area contributed by atoms with Gasteiger partial charge in [-0.25, -0.2) is 0 Å². The molecule has 8 heteroatoms. The Kier molecular flexibility index (Phi) is 9.44. The summed E-state index contributed by atoms with van der Waals surface area (Å²) < 4.78 is 13.2. The highest BCUT2D eigenvalue weighted by Gasteiger charge is 2.41. The van der Waals surface area contributed by atoms with Gasteiger partial charge in [-0.3, -0.25) is 4.79 Å². The summed E-state index contributed by atoms with van der Waals surface area (Å²) in [6.07, 6.45) is 0.428. The fourth-order valence-electron chi connectivity index (χ4n) is 5.76. The molecule has 0 radical (unpaired) electrons. The number of aliphatic hydroxyl groups excluding tert-OH is 1. The van der Waals surface area contributed by atoms with E-state index < -0.39 is 11.9 Å². The molecule has 0 aliphatic carbocycles. The number of hydrogen-bond donors (Lipinski definition) is 3. The number of rotatable bonds is 8. The molecule has 2 saturated heterocycles. The Morgan fingerprint density at radius 3 is 2.17 bits per heavy atom. The average Bonchev–Trinajstić information content (AvgIpc) is 2.99. The van der Waals surface area contributed by atoms with Gasteiger partial charge in [-0.05, 0) is 47.2 Å². The van der Waals surface area contributed by atoms with Crippen molar-refractivity contribution in [1.82, 2.24) is 10.2 Å². The van der Waals surface area contributed by atoms with Gasteiger partial charge < -0.3 is 29.9 Å². The highest BCUT2D eigenvalue weighted by Crippen LogP contribution is 2.42. The molecule has 2 heterocycles. The van der Waals surface area contributed by atoms with E-state index in [1.807, 2.05) is 72.8 Å². The van der Waals surface area contributed by atoms with Crippen LogP contribution in [0.2, 0.25) is 5.02 Å². The molecule has 3 N–H and O–H groups in total. The first kappa shape index (κ1) is 29.7. The Morgan fingerprint density at radius 2 is 1.56 bits per heavy atom. The highest BCUT2D eigenvalue weighted by atomic mass is 35.5. The van der Waals surface area contributed by atoms with E-state index in [1.54, 1.807) is 0 Å². The van der Waals surface area contributed by atoms with Crippen LogP contribution in [0.4, 0.5) is 0 Å². The number of hydrogen-bond acceptors (Lipinski definition) is 6. The molecular formula is C33H39ClN2O5. The van der Waals surface area contributed by atoms with E-state index in [0.29, 0.717) is 24.4 Å². The van der Waals surface area contributed by atoms with E-state index in [1.165, 1.54) is 6.92 Å². The Morgan fingerprint density at radius 1 is 0.951 bits per heavy atom. The van der Waals surface area contributed by atoms with Crippen LogP contribution in [0.15, 0.2) is 72.8 Å². The van der Waals surface area contributed by atoms with Crippen molar-refractivity contribution < 1.29 is 24.5 Å². The van der Waals surface area contributed by atoms with Crippen molar-refractivity contribution in [1.29, 1.82) is 0 Å². The molecule has 0 spiro atoms.